The fourth-order valence-corrected chi connectivity index (χ4v) is 3.44. The third kappa shape index (κ3) is 3.61. The van der Waals surface area contributed by atoms with Gasteiger partial charge in [-0.15, -0.1) is 22.7 Å². The molecule has 6 nitrogen and oxygen atoms in total. The Morgan fingerprint density at radius 2 is 2.09 bits per heavy atom. The summed E-state index contributed by atoms with van der Waals surface area (Å²) in [6.07, 6.45) is 3.25. The largest absolute Gasteiger partial charge is 0.383 e. The van der Waals surface area contributed by atoms with Crippen LogP contribution in [0.25, 0.3) is 10.8 Å². The van der Waals surface area contributed by atoms with E-state index in [1.807, 2.05) is 17.5 Å². The first-order chi connectivity index (χ1) is 11.1. The molecule has 3 aromatic heterocycles. The lowest BCUT2D eigenvalue weighted by molar-refractivity contribution is 0.0555. The molecule has 0 aromatic carbocycles. The molecule has 3 heterocycles. The highest BCUT2D eigenvalue weighted by Gasteiger charge is 2.25. The van der Waals surface area contributed by atoms with Gasteiger partial charge in [0.2, 0.25) is 0 Å². The number of aliphatic hydroxyl groups is 1. The maximum Gasteiger partial charge on any atom is 0.270 e. The summed E-state index contributed by atoms with van der Waals surface area (Å²) in [5, 5.41) is 17.2. The number of hydrogen-bond donors (Lipinski definition) is 2. The molecule has 0 aliphatic rings. The number of amides is 1. The topological polar surface area (TPSA) is 88.0 Å². The van der Waals surface area contributed by atoms with Crippen LogP contribution in [0.5, 0.6) is 0 Å². The molecular weight excluding hydrogens is 332 g/mol. The summed E-state index contributed by atoms with van der Waals surface area (Å²) >= 11 is 2.75. The molecule has 8 heteroatoms. The number of carbonyl (C=O) groups excluding carboxylic acids is 1. The van der Waals surface area contributed by atoms with Gasteiger partial charge in [0.25, 0.3) is 5.91 Å². The minimum Gasteiger partial charge on any atom is -0.383 e. The molecule has 0 fully saturated rings. The Morgan fingerprint density at radius 1 is 1.30 bits per heavy atom. The second-order valence-electron chi connectivity index (χ2n) is 5.04. The highest BCUT2D eigenvalue weighted by atomic mass is 32.1. The number of aromatic nitrogens is 3. The van der Waals surface area contributed by atoms with Crippen molar-refractivity contribution in [1.29, 1.82) is 0 Å². The summed E-state index contributed by atoms with van der Waals surface area (Å²) in [6, 6.07) is 5.42. The van der Waals surface area contributed by atoms with E-state index in [0.717, 1.165) is 4.88 Å². The van der Waals surface area contributed by atoms with Gasteiger partial charge in [-0.05, 0) is 24.4 Å². The maximum atomic E-state index is 12.2. The van der Waals surface area contributed by atoms with Gasteiger partial charge >= 0.3 is 0 Å². The quantitative estimate of drug-likeness (QED) is 0.740. The van der Waals surface area contributed by atoms with E-state index in [0.29, 0.717) is 16.5 Å². The van der Waals surface area contributed by atoms with Crippen LogP contribution < -0.4 is 5.32 Å². The molecule has 0 aliphatic carbocycles. The normalized spacial score (nSPS) is 13.5. The lowest BCUT2D eigenvalue weighted by atomic mass is 10.1. The molecule has 3 rings (SSSR count). The molecule has 0 bridgehead atoms. The summed E-state index contributed by atoms with van der Waals surface area (Å²) in [4.78, 5) is 25.5. The van der Waals surface area contributed by atoms with E-state index in [1.54, 1.807) is 30.8 Å². The molecule has 0 aliphatic heterocycles. The van der Waals surface area contributed by atoms with Crippen LogP contribution in [-0.4, -0.2) is 32.5 Å². The molecular formula is C15H14N4O2S2. The Bertz CT molecular complexity index is 785. The highest BCUT2D eigenvalue weighted by molar-refractivity contribution is 7.13. The maximum absolute atomic E-state index is 12.2. The van der Waals surface area contributed by atoms with Gasteiger partial charge in [-0.25, -0.2) is 15.0 Å². The van der Waals surface area contributed by atoms with Crippen molar-refractivity contribution in [3.8, 4) is 10.8 Å². The van der Waals surface area contributed by atoms with Crippen molar-refractivity contribution in [3.05, 3.63) is 51.9 Å². The molecule has 0 radical (unpaired) electrons. The summed E-state index contributed by atoms with van der Waals surface area (Å²) in [5.41, 5.74) is -0.815. The van der Waals surface area contributed by atoms with Gasteiger partial charge in [-0.1, -0.05) is 6.07 Å². The Balaban J connectivity index is 1.66. The average Bonchev–Trinajstić information content (AvgIpc) is 3.25. The molecule has 23 heavy (non-hydrogen) atoms. The predicted molar refractivity (Wildman–Crippen MR) is 89.4 cm³/mol. The van der Waals surface area contributed by atoms with Crippen molar-refractivity contribution in [3.63, 3.8) is 0 Å². The number of thiazole rings is 1. The second kappa shape index (κ2) is 6.53. The van der Waals surface area contributed by atoms with E-state index < -0.39 is 5.60 Å². The first-order valence-electron chi connectivity index (χ1n) is 6.84. The standard InChI is InChI=1S/C15H14N4O2S2/c1-15(21,11-4-2-7-22-11)9-18-13(20)10-8-23-14(19-10)12-16-5-3-6-17-12/h2-8,21H,9H2,1H3,(H,18,20). The molecule has 118 valence electrons. The van der Waals surface area contributed by atoms with Crippen LogP contribution in [0.15, 0.2) is 41.4 Å². The number of nitrogens with zero attached hydrogens (tertiary/aromatic N) is 3. The monoisotopic (exact) mass is 346 g/mol. The van der Waals surface area contributed by atoms with Crippen LogP contribution >= 0.6 is 22.7 Å². The summed E-state index contributed by atoms with van der Waals surface area (Å²) < 4.78 is 0. The molecule has 2 N–H and O–H groups in total. The van der Waals surface area contributed by atoms with E-state index in [2.05, 4.69) is 20.3 Å². The van der Waals surface area contributed by atoms with Crippen LogP contribution in [0, 0.1) is 0 Å². The first kappa shape index (κ1) is 15.7. The van der Waals surface area contributed by atoms with Crippen molar-refractivity contribution in [2.45, 2.75) is 12.5 Å². The number of hydrogen-bond acceptors (Lipinski definition) is 7. The van der Waals surface area contributed by atoms with Gasteiger partial charge in [0, 0.05) is 22.7 Å². The summed E-state index contributed by atoms with van der Waals surface area (Å²) in [5.74, 6) is 0.155. The molecule has 1 atom stereocenters. The molecule has 0 saturated carbocycles. The van der Waals surface area contributed by atoms with Crippen LogP contribution in [0.3, 0.4) is 0 Å². The van der Waals surface area contributed by atoms with E-state index in [9.17, 15) is 9.90 Å². The molecule has 0 saturated heterocycles. The Morgan fingerprint density at radius 3 is 2.78 bits per heavy atom. The fourth-order valence-electron chi connectivity index (χ4n) is 1.91. The van der Waals surface area contributed by atoms with Gasteiger partial charge in [0.05, 0.1) is 6.54 Å². The van der Waals surface area contributed by atoms with Crippen LogP contribution in [0.4, 0.5) is 0 Å². The van der Waals surface area contributed by atoms with Crippen molar-refractivity contribution in [2.75, 3.05) is 6.54 Å². The second-order valence-corrected chi connectivity index (χ2v) is 6.85. The zero-order chi connectivity index (χ0) is 16.3. The number of carbonyl (C=O) groups is 1. The Kier molecular flexibility index (Phi) is 4.46. The summed E-state index contributed by atoms with van der Waals surface area (Å²) in [7, 11) is 0. The third-order valence-corrected chi connectivity index (χ3v) is 5.10. The molecule has 1 amide bonds. The number of nitrogens with one attached hydrogen (secondary N) is 1. The lowest BCUT2D eigenvalue weighted by Gasteiger charge is -2.21. The Labute approximate surface area is 140 Å². The van der Waals surface area contributed by atoms with Gasteiger partial charge in [0.15, 0.2) is 10.8 Å². The molecule has 1 unspecified atom stereocenters. The van der Waals surface area contributed by atoms with E-state index in [-0.39, 0.29) is 12.5 Å². The number of rotatable bonds is 5. The third-order valence-electron chi connectivity index (χ3n) is 3.14. The zero-order valence-corrected chi connectivity index (χ0v) is 13.9. The van der Waals surface area contributed by atoms with E-state index >= 15 is 0 Å². The average molecular weight is 346 g/mol. The van der Waals surface area contributed by atoms with Crippen LogP contribution in [-0.2, 0) is 5.60 Å². The predicted octanol–water partition coefficient (Wildman–Crippen LogP) is 2.30. The van der Waals surface area contributed by atoms with Crippen molar-refractivity contribution in [1.82, 2.24) is 20.3 Å². The summed E-state index contributed by atoms with van der Waals surface area (Å²) in [6.45, 7) is 1.78. The zero-order valence-electron chi connectivity index (χ0n) is 12.3. The van der Waals surface area contributed by atoms with Crippen LogP contribution in [0.2, 0.25) is 0 Å². The van der Waals surface area contributed by atoms with Crippen LogP contribution in [0.1, 0.15) is 22.3 Å². The van der Waals surface area contributed by atoms with Crippen molar-refractivity contribution < 1.29 is 9.90 Å². The van der Waals surface area contributed by atoms with Crippen molar-refractivity contribution in [2.24, 2.45) is 0 Å². The van der Waals surface area contributed by atoms with E-state index in [4.69, 9.17) is 0 Å². The fraction of sp³-hybridized carbons (Fsp3) is 0.200. The highest BCUT2D eigenvalue weighted by Crippen LogP contribution is 2.24. The molecule has 3 aromatic rings. The van der Waals surface area contributed by atoms with Gasteiger partial charge < -0.3 is 10.4 Å². The van der Waals surface area contributed by atoms with Gasteiger partial charge in [-0.2, -0.15) is 0 Å². The van der Waals surface area contributed by atoms with E-state index in [1.165, 1.54) is 22.7 Å². The minimum atomic E-state index is -1.11. The minimum absolute atomic E-state index is 0.112. The SMILES string of the molecule is CC(O)(CNC(=O)c1csc(-c2ncccn2)n1)c1cccs1. The van der Waals surface area contributed by atoms with Crippen molar-refractivity contribution >= 4 is 28.6 Å². The molecule has 0 spiro atoms. The number of thiophene rings is 1. The smallest absolute Gasteiger partial charge is 0.270 e. The Hall–Kier alpha value is -2.16. The lowest BCUT2D eigenvalue weighted by Crippen LogP contribution is -2.38. The first-order valence-corrected chi connectivity index (χ1v) is 8.60. The van der Waals surface area contributed by atoms with Gasteiger partial charge in [-0.3, -0.25) is 4.79 Å². The van der Waals surface area contributed by atoms with Gasteiger partial charge in [0.1, 0.15) is 11.3 Å².